The highest BCUT2D eigenvalue weighted by molar-refractivity contribution is 5.83. The van der Waals surface area contributed by atoms with Crippen molar-refractivity contribution >= 4 is 10.9 Å². The van der Waals surface area contributed by atoms with E-state index in [1.54, 1.807) is 0 Å². The molecular weight excluding hydrogens is 260 g/mol. The van der Waals surface area contributed by atoms with Crippen LogP contribution in [0, 0.1) is 0 Å². The van der Waals surface area contributed by atoms with Gasteiger partial charge in [0, 0.05) is 48.5 Å². The van der Waals surface area contributed by atoms with Gasteiger partial charge in [0.05, 0.1) is 12.7 Å². The third-order valence-corrected chi connectivity index (χ3v) is 4.17. The van der Waals surface area contributed by atoms with E-state index in [1.165, 1.54) is 34.9 Å². The van der Waals surface area contributed by atoms with Crippen molar-refractivity contribution in [1.29, 1.82) is 0 Å². The first-order chi connectivity index (χ1) is 10.3. The minimum Gasteiger partial charge on any atom is -0.343 e. The monoisotopic (exact) mass is 280 g/mol. The second-order valence-electron chi connectivity index (χ2n) is 5.97. The largest absolute Gasteiger partial charge is 0.343 e. The van der Waals surface area contributed by atoms with Crippen molar-refractivity contribution in [2.45, 2.75) is 32.0 Å². The van der Waals surface area contributed by atoms with E-state index in [2.05, 4.69) is 51.6 Å². The van der Waals surface area contributed by atoms with Gasteiger partial charge in [0.25, 0.3) is 0 Å². The van der Waals surface area contributed by atoms with Gasteiger partial charge in [-0.1, -0.05) is 12.1 Å². The highest BCUT2D eigenvalue weighted by atomic mass is 15.2. The van der Waals surface area contributed by atoms with Crippen molar-refractivity contribution < 1.29 is 0 Å². The molecule has 0 spiro atoms. The first-order valence-corrected chi connectivity index (χ1v) is 7.57. The molecule has 1 aliphatic carbocycles. The molecule has 1 aromatic carbocycles. The molecule has 2 aromatic heterocycles. The standard InChI is InChI=1S/C17H20N4/c1-20-11-13(9-19-20)12-21-8-7-16-14(3-2-4-17(16)21)10-18-15-5-6-15/h2-4,7-9,11,15,18H,5-6,10,12H2,1H3. The summed E-state index contributed by atoms with van der Waals surface area (Å²) in [7, 11) is 1.96. The molecule has 1 saturated carbocycles. The smallest absolute Gasteiger partial charge is 0.0539 e. The SMILES string of the molecule is Cn1cc(Cn2ccc3c(CNC4CC4)cccc32)cn1. The Bertz CT molecular complexity index is 764. The average Bonchev–Trinajstić information content (AvgIpc) is 3.10. The molecule has 0 unspecified atom stereocenters. The summed E-state index contributed by atoms with van der Waals surface area (Å²) in [5.41, 5.74) is 3.93. The Kier molecular flexibility index (Phi) is 3.04. The van der Waals surface area contributed by atoms with Crippen LogP contribution >= 0.6 is 0 Å². The molecule has 1 N–H and O–H groups in total. The highest BCUT2D eigenvalue weighted by Gasteiger charge is 2.20. The predicted molar refractivity (Wildman–Crippen MR) is 84.1 cm³/mol. The van der Waals surface area contributed by atoms with Crippen molar-refractivity contribution in [3.05, 3.63) is 54.0 Å². The normalized spacial score (nSPS) is 14.9. The van der Waals surface area contributed by atoms with Crippen molar-refractivity contribution in [3.63, 3.8) is 0 Å². The van der Waals surface area contributed by atoms with E-state index >= 15 is 0 Å². The Morgan fingerprint density at radius 2 is 2.19 bits per heavy atom. The molecule has 4 rings (SSSR count). The van der Waals surface area contributed by atoms with Crippen LogP contribution in [0.1, 0.15) is 24.0 Å². The summed E-state index contributed by atoms with van der Waals surface area (Å²) in [5.74, 6) is 0. The molecule has 0 atom stereocenters. The van der Waals surface area contributed by atoms with Crippen LogP contribution in [0.3, 0.4) is 0 Å². The third kappa shape index (κ3) is 2.59. The fraction of sp³-hybridized carbons (Fsp3) is 0.353. The van der Waals surface area contributed by atoms with Crippen LogP contribution < -0.4 is 5.32 Å². The topological polar surface area (TPSA) is 34.8 Å². The number of aryl methyl sites for hydroxylation is 1. The van der Waals surface area contributed by atoms with Crippen molar-refractivity contribution in [2.24, 2.45) is 7.05 Å². The molecule has 0 amide bonds. The van der Waals surface area contributed by atoms with Gasteiger partial charge < -0.3 is 9.88 Å². The highest BCUT2D eigenvalue weighted by Crippen LogP contribution is 2.24. The number of aromatic nitrogens is 3. The zero-order chi connectivity index (χ0) is 14.2. The summed E-state index contributed by atoms with van der Waals surface area (Å²) in [6.45, 7) is 1.84. The third-order valence-electron chi connectivity index (χ3n) is 4.17. The number of rotatable bonds is 5. The zero-order valence-electron chi connectivity index (χ0n) is 12.3. The van der Waals surface area contributed by atoms with Gasteiger partial charge in [-0.05, 0) is 30.5 Å². The maximum Gasteiger partial charge on any atom is 0.0539 e. The lowest BCUT2D eigenvalue weighted by molar-refractivity contribution is 0.691. The molecule has 3 aromatic rings. The van der Waals surface area contributed by atoms with Crippen molar-refractivity contribution in [1.82, 2.24) is 19.7 Å². The van der Waals surface area contributed by atoms with E-state index in [4.69, 9.17) is 0 Å². The van der Waals surface area contributed by atoms with Crippen molar-refractivity contribution in [2.75, 3.05) is 0 Å². The van der Waals surface area contributed by atoms with Gasteiger partial charge in [0.15, 0.2) is 0 Å². The second kappa shape index (κ2) is 5.04. The fourth-order valence-electron chi connectivity index (χ4n) is 2.87. The summed E-state index contributed by atoms with van der Waals surface area (Å²) < 4.78 is 4.15. The lowest BCUT2D eigenvalue weighted by Crippen LogP contribution is -2.15. The molecule has 21 heavy (non-hydrogen) atoms. The number of hydrogen-bond donors (Lipinski definition) is 1. The summed E-state index contributed by atoms with van der Waals surface area (Å²) in [4.78, 5) is 0. The van der Waals surface area contributed by atoms with Crippen LogP contribution in [-0.2, 0) is 20.1 Å². The Hall–Kier alpha value is -2.07. The number of fused-ring (bicyclic) bond motifs is 1. The maximum atomic E-state index is 4.24. The number of nitrogens with zero attached hydrogens (tertiary/aromatic N) is 3. The van der Waals surface area contributed by atoms with Gasteiger partial charge in [-0.2, -0.15) is 5.10 Å². The van der Waals surface area contributed by atoms with Gasteiger partial charge in [-0.3, -0.25) is 4.68 Å². The van der Waals surface area contributed by atoms with Crippen LogP contribution in [0.2, 0.25) is 0 Å². The van der Waals surface area contributed by atoms with Gasteiger partial charge in [-0.15, -0.1) is 0 Å². The zero-order valence-corrected chi connectivity index (χ0v) is 12.3. The first kappa shape index (κ1) is 12.7. The Balaban J connectivity index is 1.62. The summed E-state index contributed by atoms with van der Waals surface area (Å²) in [6, 6.07) is 9.57. The fourth-order valence-corrected chi connectivity index (χ4v) is 2.87. The number of hydrogen-bond acceptors (Lipinski definition) is 2. The summed E-state index contributed by atoms with van der Waals surface area (Å²) in [5, 5.41) is 9.20. The van der Waals surface area contributed by atoms with Crippen LogP contribution in [0.25, 0.3) is 10.9 Å². The minimum atomic E-state index is 0.748. The molecular formula is C17H20N4. The lowest BCUT2D eigenvalue weighted by Gasteiger charge is -2.07. The molecule has 0 aliphatic heterocycles. The molecule has 2 heterocycles. The molecule has 0 bridgehead atoms. The van der Waals surface area contributed by atoms with Crippen LogP contribution in [0.5, 0.6) is 0 Å². The molecule has 0 saturated heterocycles. The number of nitrogens with one attached hydrogen (secondary N) is 1. The lowest BCUT2D eigenvalue weighted by atomic mass is 10.1. The van der Waals surface area contributed by atoms with E-state index in [1.807, 2.05) is 17.9 Å². The molecule has 1 fully saturated rings. The Labute approximate surface area is 124 Å². The van der Waals surface area contributed by atoms with Crippen LogP contribution in [-0.4, -0.2) is 20.4 Å². The molecule has 0 radical (unpaired) electrons. The van der Waals surface area contributed by atoms with E-state index in [0.717, 1.165) is 19.1 Å². The van der Waals surface area contributed by atoms with E-state index in [0.29, 0.717) is 0 Å². The molecule has 4 heteroatoms. The average molecular weight is 280 g/mol. The second-order valence-corrected chi connectivity index (χ2v) is 5.97. The van der Waals surface area contributed by atoms with E-state index < -0.39 is 0 Å². The summed E-state index contributed by atoms with van der Waals surface area (Å²) in [6.07, 6.45) is 8.85. The van der Waals surface area contributed by atoms with E-state index in [9.17, 15) is 0 Å². The van der Waals surface area contributed by atoms with Crippen LogP contribution in [0.15, 0.2) is 42.9 Å². The van der Waals surface area contributed by atoms with Gasteiger partial charge >= 0.3 is 0 Å². The molecule has 4 nitrogen and oxygen atoms in total. The predicted octanol–water partition coefficient (Wildman–Crippen LogP) is 2.68. The maximum absolute atomic E-state index is 4.24. The first-order valence-electron chi connectivity index (χ1n) is 7.57. The molecule has 108 valence electrons. The van der Waals surface area contributed by atoms with Crippen molar-refractivity contribution in [3.8, 4) is 0 Å². The van der Waals surface area contributed by atoms with Crippen LogP contribution in [0.4, 0.5) is 0 Å². The Morgan fingerprint density at radius 1 is 1.29 bits per heavy atom. The quantitative estimate of drug-likeness (QED) is 0.780. The summed E-state index contributed by atoms with van der Waals surface area (Å²) >= 11 is 0. The Morgan fingerprint density at radius 3 is 2.95 bits per heavy atom. The molecule has 1 aliphatic rings. The minimum absolute atomic E-state index is 0.748. The van der Waals surface area contributed by atoms with Gasteiger partial charge in [-0.25, -0.2) is 0 Å². The number of benzene rings is 1. The van der Waals surface area contributed by atoms with Gasteiger partial charge in [0.2, 0.25) is 0 Å². The van der Waals surface area contributed by atoms with E-state index in [-0.39, 0.29) is 0 Å². The van der Waals surface area contributed by atoms with Gasteiger partial charge in [0.1, 0.15) is 0 Å².